The van der Waals surface area contributed by atoms with Gasteiger partial charge in [-0.1, -0.05) is 121 Å². The highest BCUT2D eigenvalue weighted by Gasteiger charge is 2.33. The third kappa shape index (κ3) is 11.8. The topological polar surface area (TPSA) is 158 Å². The summed E-state index contributed by atoms with van der Waals surface area (Å²) in [6.07, 6.45) is -1.36. The molecule has 1 fully saturated rings. The Kier molecular flexibility index (Phi) is 14.6. The molecule has 0 radical (unpaired) electrons. The maximum absolute atomic E-state index is 13.7. The average molecular weight is 856 g/mol. The van der Waals surface area contributed by atoms with E-state index in [9.17, 15) is 28.5 Å². The number of carbonyl (C=O) groups is 1. The highest BCUT2D eigenvalue weighted by atomic mass is 32.2. The van der Waals surface area contributed by atoms with Crippen molar-refractivity contribution in [1.82, 2.24) is 14.9 Å². The van der Waals surface area contributed by atoms with Gasteiger partial charge in [0.1, 0.15) is 11.8 Å². The Hall–Kier alpha value is -5.70. The van der Waals surface area contributed by atoms with Crippen molar-refractivity contribution in [3.8, 4) is 16.9 Å². The second kappa shape index (κ2) is 20.4. The van der Waals surface area contributed by atoms with Crippen LogP contribution in [-0.4, -0.2) is 66.8 Å². The summed E-state index contributed by atoms with van der Waals surface area (Å²) < 4.78 is 42.7. The lowest BCUT2D eigenvalue weighted by Crippen LogP contribution is -2.47. The zero-order valence-electron chi connectivity index (χ0n) is 34.8. The van der Waals surface area contributed by atoms with E-state index in [1.54, 1.807) is 36.4 Å². The van der Waals surface area contributed by atoms with Crippen molar-refractivity contribution in [2.24, 2.45) is 0 Å². The molecule has 62 heavy (non-hydrogen) atoms. The Morgan fingerprint density at radius 2 is 1.47 bits per heavy atom. The zero-order valence-corrected chi connectivity index (χ0v) is 35.6. The number of nitrogens with zero attached hydrogens (tertiary/aromatic N) is 1. The van der Waals surface area contributed by atoms with Crippen molar-refractivity contribution in [1.29, 1.82) is 0 Å². The lowest BCUT2D eigenvalue weighted by molar-refractivity contribution is -0.252. The predicted octanol–water partition coefficient (Wildman–Crippen LogP) is 7.28. The molecular weight excluding hydrogens is 803 g/mol. The predicted molar refractivity (Wildman–Crippen MR) is 238 cm³/mol. The number of likely N-dealkylation sites (N-methyl/N-ethyl adjacent to an activating group) is 1. The molecule has 0 saturated carbocycles. The molecule has 0 aromatic heterocycles. The van der Waals surface area contributed by atoms with Gasteiger partial charge in [-0.25, -0.2) is 8.42 Å². The fourth-order valence-electron chi connectivity index (χ4n) is 7.64. The number of nitrogens with one attached hydrogen (secondary N) is 2. The zero-order chi connectivity index (χ0) is 43.6. The summed E-state index contributed by atoms with van der Waals surface area (Å²) in [4.78, 5) is 15.8. The number of ether oxygens (including phenoxy) is 2. The van der Waals surface area contributed by atoms with Crippen molar-refractivity contribution >= 4 is 15.9 Å². The van der Waals surface area contributed by atoms with E-state index in [-0.39, 0.29) is 42.4 Å². The maximum atomic E-state index is 13.7. The molecule has 6 aromatic rings. The molecule has 1 saturated heterocycles. The van der Waals surface area contributed by atoms with Gasteiger partial charge in [0, 0.05) is 31.6 Å². The highest BCUT2D eigenvalue weighted by Crippen LogP contribution is 2.39. The minimum Gasteiger partial charge on any atom is -0.508 e. The van der Waals surface area contributed by atoms with Gasteiger partial charge in [0.05, 0.1) is 29.8 Å². The van der Waals surface area contributed by atoms with Crippen LogP contribution in [-0.2, 0) is 43.9 Å². The molecule has 0 aliphatic carbocycles. The van der Waals surface area contributed by atoms with E-state index in [0.29, 0.717) is 25.1 Å². The standard InChI is InChI=1S/C50H53N3O8S/c1-34-17-23-45(24-18-34)62(58,59)52-46(26-35-9-4-3-5-10-35)49(57)51-30-37-11-6-12-39(25-37)40-13-7-15-42(27-40)50-60-44(29-48(61-50)38-21-19-36(33-54)20-22-38)31-53(2)32-47(56)41-14-8-16-43(55)28-41/h3-25,27-28,44,46-48,50,52,54-56H,26,29-33H2,1-2H3,(H,51,57)/t44-,46-,47-,48+,50+/m1/s1. The van der Waals surface area contributed by atoms with Crippen molar-refractivity contribution in [3.63, 3.8) is 0 Å². The first-order chi connectivity index (χ1) is 29.9. The van der Waals surface area contributed by atoms with Crippen molar-refractivity contribution in [3.05, 3.63) is 191 Å². The van der Waals surface area contributed by atoms with Crippen LogP contribution < -0.4 is 10.0 Å². The van der Waals surface area contributed by atoms with Crippen LogP contribution in [0.1, 0.15) is 63.9 Å². The van der Waals surface area contributed by atoms with Crippen LogP contribution in [0.25, 0.3) is 11.1 Å². The van der Waals surface area contributed by atoms with Gasteiger partial charge in [-0.15, -0.1) is 0 Å². The van der Waals surface area contributed by atoms with E-state index in [0.717, 1.165) is 44.5 Å². The van der Waals surface area contributed by atoms with Crippen molar-refractivity contribution in [2.45, 2.75) is 68.5 Å². The fraction of sp³-hybridized carbons (Fsp3) is 0.260. The smallest absolute Gasteiger partial charge is 0.241 e. The first-order valence-electron chi connectivity index (χ1n) is 20.7. The molecule has 12 heteroatoms. The molecule has 1 heterocycles. The quantitative estimate of drug-likeness (QED) is 0.0637. The largest absolute Gasteiger partial charge is 0.508 e. The summed E-state index contributed by atoms with van der Waals surface area (Å²) in [7, 11) is -2.07. The summed E-state index contributed by atoms with van der Waals surface area (Å²) >= 11 is 0. The highest BCUT2D eigenvalue weighted by molar-refractivity contribution is 7.89. The molecule has 5 N–H and O–H groups in total. The van der Waals surface area contributed by atoms with Gasteiger partial charge in [0.25, 0.3) is 0 Å². The molecule has 0 unspecified atom stereocenters. The van der Waals surface area contributed by atoms with E-state index >= 15 is 0 Å². The summed E-state index contributed by atoms with van der Waals surface area (Å²) in [5.41, 5.74) is 7.60. The lowest BCUT2D eigenvalue weighted by atomic mass is 9.98. The Labute approximate surface area is 363 Å². The van der Waals surface area contributed by atoms with Gasteiger partial charge in [-0.2, -0.15) is 4.72 Å². The minimum absolute atomic E-state index is 0.0579. The molecule has 7 rings (SSSR count). The number of phenols is 1. The molecule has 1 aliphatic heterocycles. The number of sulfonamides is 1. The summed E-state index contributed by atoms with van der Waals surface area (Å²) in [6.45, 7) is 2.83. The Morgan fingerprint density at radius 1 is 0.774 bits per heavy atom. The number of aliphatic hydroxyl groups is 2. The minimum atomic E-state index is -3.99. The Bertz CT molecular complexity index is 2520. The number of aliphatic hydroxyl groups excluding tert-OH is 2. The number of benzene rings is 6. The molecule has 6 aromatic carbocycles. The summed E-state index contributed by atoms with van der Waals surface area (Å²) in [5.74, 6) is -0.348. The molecule has 322 valence electrons. The first kappa shape index (κ1) is 44.4. The van der Waals surface area contributed by atoms with Crippen LogP contribution in [0.2, 0.25) is 0 Å². The van der Waals surface area contributed by atoms with E-state index < -0.39 is 34.4 Å². The van der Waals surface area contributed by atoms with E-state index in [4.69, 9.17) is 9.47 Å². The molecular formula is C50H53N3O8S. The first-order valence-corrected chi connectivity index (χ1v) is 22.2. The van der Waals surface area contributed by atoms with Gasteiger partial charge >= 0.3 is 0 Å². The normalized spacial score (nSPS) is 17.7. The summed E-state index contributed by atoms with van der Waals surface area (Å²) in [6, 6.07) is 44.9. The van der Waals surface area contributed by atoms with Gasteiger partial charge in [0.2, 0.25) is 15.9 Å². The average Bonchev–Trinajstić information content (AvgIpc) is 3.28. The Morgan fingerprint density at radius 3 is 2.19 bits per heavy atom. The molecule has 1 aliphatic rings. The van der Waals surface area contributed by atoms with Gasteiger partial charge < -0.3 is 35.0 Å². The van der Waals surface area contributed by atoms with E-state index in [2.05, 4.69) is 10.0 Å². The number of rotatable bonds is 17. The number of aromatic hydroxyl groups is 1. The van der Waals surface area contributed by atoms with Gasteiger partial charge in [0.15, 0.2) is 6.29 Å². The SMILES string of the molecule is Cc1ccc(S(=O)(=O)N[C@H](Cc2ccccc2)C(=O)NCc2cccc(-c3cccc([C@H]4O[C@@H](CN(C)C[C@@H](O)c5cccc(O)c5)C[C@@H](c5ccc(CO)cc5)O4)c3)c2)cc1. The van der Waals surface area contributed by atoms with E-state index in [1.807, 2.05) is 122 Å². The number of carbonyl (C=O) groups excluding carboxylic acids is 1. The van der Waals surface area contributed by atoms with Gasteiger partial charge in [-0.05, 0) is 95.7 Å². The molecule has 0 bridgehead atoms. The number of phenolic OH excluding ortho intramolecular Hbond substituents is 1. The van der Waals surface area contributed by atoms with Crippen LogP contribution in [0.5, 0.6) is 5.75 Å². The molecule has 5 atom stereocenters. The number of aryl methyl sites for hydroxylation is 1. The van der Waals surface area contributed by atoms with Crippen molar-refractivity contribution < 1.29 is 38.0 Å². The number of hydrogen-bond donors (Lipinski definition) is 5. The van der Waals surface area contributed by atoms with Gasteiger partial charge in [-0.3, -0.25) is 4.79 Å². The summed E-state index contributed by atoms with van der Waals surface area (Å²) in [5, 5.41) is 33.5. The van der Waals surface area contributed by atoms with Crippen LogP contribution in [0.15, 0.2) is 157 Å². The molecule has 1 amide bonds. The second-order valence-corrected chi connectivity index (χ2v) is 17.6. The molecule has 11 nitrogen and oxygen atoms in total. The van der Waals surface area contributed by atoms with Crippen LogP contribution in [0.4, 0.5) is 0 Å². The third-order valence-corrected chi connectivity index (χ3v) is 12.5. The fourth-order valence-corrected chi connectivity index (χ4v) is 8.83. The molecule has 0 spiro atoms. The van der Waals surface area contributed by atoms with E-state index in [1.165, 1.54) is 12.1 Å². The maximum Gasteiger partial charge on any atom is 0.241 e. The third-order valence-electron chi connectivity index (χ3n) is 11.0. The number of hydrogen-bond acceptors (Lipinski definition) is 9. The van der Waals surface area contributed by atoms with Crippen LogP contribution in [0.3, 0.4) is 0 Å². The van der Waals surface area contributed by atoms with Crippen molar-refractivity contribution in [2.75, 3.05) is 20.1 Å². The van der Waals surface area contributed by atoms with Crippen LogP contribution >= 0.6 is 0 Å². The number of amides is 1. The lowest BCUT2D eigenvalue weighted by Gasteiger charge is -2.38. The van der Waals surface area contributed by atoms with Crippen LogP contribution in [0, 0.1) is 6.92 Å². The monoisotopic (exact) mass is 855 g/mol. The Balaban J connectivity index is 1.06. The second-order valence-electron chi connectivity index (χ2n) is 15.9.